The summed E-state index contributed by atoms with van der Waals surface area (Å²) in [5.41, 5.74) is 0. The van der Waals surface area contributed by atoms with E-state index < -0.39 is 0 Å². The van der Waals surface area contributed by atoms with Crippen molar-refractivity contribution in [2.75, 3.05) is 19.0 Å². The van der Waals surface area contributed by atoms with Gasteiger partial charge in [-0.1, -0.05) is 98.9 Å². The minimum absolute atomic E-state index is 0.0338. The van der Waals surface area contributed by atoms with Gasteiger partial charge in [-0.3, -0.25) is 0 Å². The van der Waals surface area contributed by atoms with Crippen molar-refractivity contribution in [3.8, 4) is 0 Å². The van der Waals surface area contributed by atoms with E-state index in [4.69, 9.17) is 0 Å². The zero-order valence-corrected chi connectivity index (χ0v) is 16.0. The molecule has 0 fully saturated rings. The van der Waals surface area contributed by atoms with Crippen LogP contribution in [-0.4, -0.2) is 19.0 Å². The van der Waals surface area contributed by atoms with Crippen LogP contribution in [0.4, 0.5) is 0 Å². The van der Waals surface area contributed by atoms with Gasteiger partial charge in [0.25, 0.3) is 0 Å². The number of hydrogen-bond acceptors (Lipinski definition) is 0. The van der Waals surface area contributed by atoms with Crippen molar-refractivity contribution in [1.82, 2.24) is 0 Å². The van der Waals surface area contributed by atoms with Crippen LogP contribution in [-0.2, 0) is 0 Å². The Bertz CT molecular complexity index is 671. The van der Waals surface area contributed by atoms with Gasteiger partial charge in [0.1, 0.15) is 0 Å². The second kappa shape index (κ2) is 9.12. The Kier molecular flexibility index (Phi) is 6.59. The van der Waals surface area contributed by atoms with Crippen LogP contribution in [0.3, 0.4) is 0 Å². The van der Waals surface area contributed by atoms with Crippen LogP contribution in [0.2, 0.25) is 0 Å². The predicted molar refractivity (Wildman–Crippen MR) is 112 cm³/mol. The van der Waals surface area contributed by atoms with Crippen LogP contribution in [0.5, 0.6) is 0 Å². The molecule has 1 unspecified atom stereocenters. The minimum Gasteiger partial charge on any atom is -0.0785 e. The molecule has 1 atom stereocenters. The van der Waals surface area contributed by atoms with Gasteiger partial charge in [-0.15, -0.1) is 0 Å². The van der Waals surface area contributed by atoms with Crippen molar-refractivity contribution in [1.29, 1.82) is 0 Å². The molecule has 3 rings (SSSR count). The highest BCUT2D eigenvalue weighted by Gasteiger charge is 2.14. The summed E-state index contributed by atoms with van der Waals surface area (Å²) in [7, 11) is -0.274. The van der Waals surface area contributed by atoms with Gasteiger partial charge < -0.3 is 0 Å². The minimum atomic E-state index is -0.240. The lowest BCUT2D eigenvalue weighted by Crippen LogP contribution is -2.14. The van der Waals surface area contributed by atoms with E-state index in [9.17, 15) is 0 Å². The van der Waals surface area contributed by atoms with E-state index in [2.05, 4.69) is 97.7 Å². The molecule has 0 amide bonds. The number of rotatable bonds is 7. The molecule has 0 heterocycles. The maximum Gasteiger partial charge on any atom is -0.0195 e. The molecule has 0 aromatic heterocycles. The van der Waals surface area contributed by atoms with Crippen molar-refractivity contribution in [2.45, 2.75) is 6.42 Å². The molecule has 3 aromatic carbocycles. The molecule has 0 bridgehead atoms. The van der Waals surface area contributed by atoms with Gasteiger partial charge in [0.2, 0.25) is 0 Å². The summed E-state index contributed by atoms with van der Waals surface area (Å²) in [6.45, 7) is 2.41. The third-order valence-electron chi connectivity index (χ3n) is 4.21. The predicted octanol–water partition coefficient (Wildman–Crippen LogP) is 4.95. The molecule has 3 aromatic rings. The standard InChI is InChI=1S/C22H24P2/c1-23(20-12-5-2-6-13-20)18-11-19-24(21-14-7-3-8-15-21)22-16-9-4-10-17-22/h2-10,12-17H,11,18-19H2,1H3. The molecule has 24 heavy (non-hydrogen) atoms. The summed E-state index contributed by atoms with van der Waals surface area (Å²) in [4.78, 5) is 0. The Balaban J connectivity index is 1.67. The Morgan fingerprint density at radius 1 is 0.542 bits per heavy atom. The molecular weight excluding hydrogens is 326 g/mol. The maximum atomic E-state index is 2.41. The van der Waals surface area contributed by atoms with E-state index in [-0.39, 0.29) is 15.8 Å². The zero-order valence-electron chi connectivity index (χ0n) is 14.2. The van der Waals surface area contributed by atoms with E-state index in [1.165, 1.54) is 34.7 Å². The highest BCUT2D eigenvalue weighted by molar-refractivity contribution is 7.73. The Morgan fingerprint density at radius 3 is 1.42 bits per heavy atom. The van der Waals surface area contributed by atoms with Crippen LogP contribution < -0.4 is 15.9 Å². The van der Waals surface area contributed by atoms with E-state index in [1.54, 1.807) is 0 Å². The quantitative estimate of drug-likeness (QED) is 0.529. The average Bonchev–Trinajstić information content (AvgIpc) is 2.67. The maximum absolute atomic E-state index is 2.41. The van der Waals surface area contributed by atoms with Gasteiger partial charge in [-0.05, 0) is 49.2 Å². The molecule has 0 radical (unpaired) electrons. The Morgan fingerprint density at radius 2 is 0.958 bits per heavy atom. The van der Waals surface area contributed by atoms with Crippen LogP contribution in [0.15, 0.2) is 91.0 Å². The highest BCUT2D eigenvalue weighted by atomic mass is 31.1. The fourth-order valence-electron chi connectivity index (χ4n) is 2.90. The van der Waals surface area contributed by atoms with Crippen LogP contribution in [0.25, 0.3) is 0 Å². The van der Waals surface area contributed by atoms with Crippen molar-refractivity contribution in [3.63, 3.8) is 0 Å². The van der Waals surface area contributed by atoms with E-state index in [0.29, 0.717) is 0 Å². The fourth-order valence-corrected chi connectivity index (χ4v) is 7.07. The van der Waals surface area contributed by atoms with Crippen LogP contribution in [0.1, 0.15) is 6.42 Å². The number of benzene rings is 3. The first-order valence-corrected chi connectivity index (χ1v) is 12.0. The van der Waals surface area contributed by atoms with Crippen LogP contribution >= 0.6 is 15.8 Å². The first kappa shape index (κ1) is 17.3. The molecular formula is C22H24P2. The normalized spacial score (nSPS) is 12.2. The largest absolute Gasteiger partial charge is 0.0785 e. The Hall–Kier alpha value is -1.48. The molecule has 2 heteroatoms. The summed E-state index contributed by atoms with van der Waals surface area (Å²) in [5.74, 6) is 0. The van der Waals surface area contributed by atoms with Gasteiger partial charge in [0.15, 0.2) is 0 Å². The molecule has 0 aliphatic rings. The van der Waals surface area contributed by atoms with Gasteiger partial charge in [0, 0.05) is 0 Å². The van der Waals surface area contributed by atoms with Gasteiger partial charge in [-0.2, -0.15) is 0 Å². The molecule has 0 aliphatic heterocycles. The smallest absolute Gasteiger partial charge is 0.0195 e. The average molecular weight is 350 g/mol. The molecule has 0 saturated carbocycles. The fraction of sp³-hybridized carbons (Fsp3) is 0.182. The summed E-state index contributed by atoms with van der Waals surface area (Å²) >= 11 is 0. The molecule has 0 N–H and O–H groups in total. The van der Waals surface area contributed by atoms with Gasteiger partial charge in [-0.25, -0.2) is 0 Å². The lowest BCUT2D eigenvalue weighted by Gasteiger charge is -2.20. The molecule has 0 spiro atoms. The highest BCUT2D eigenvalue weighted by Crippen LogP contribution is 2.37. The third-order valence-corrected chi connectivity index (χ3v) is 8.98. The molecule has 0 nitrogen and oxygen atoms in total. The third kappa shape index (κ3) is 4.76. The SMILES string of the molecule is CP(CCCP(c1ccccc1)c1ccccc1)c1ccccc1. The van der Waals surface area contributed by atoms with E-state index >= 15 is 0 Å². The summed E-state index contributed by atoms with van der Waals surface area (Å²) in [5, 5.41) is 4.52. The molecule has 122 valence electrons. The number of hydrogen-bond donors (Lipinski definition) is 0. The van der Waals surface area contributed by atoms with E-state index in [0.717, 1.165) is 0 Å². The lowest BCUT2D eigenvalue weighted by molar-refractivity contribution is 1.11. The van der Waals surface area contributed by atoms with Crippen molar-refractivity contribution >= 4 is 31.8 Å². The van der Waals surface area contributed by atoms with Crippen molar-refractivity contribution in [2.24, 2.45) is 0 Å². The van der Waals surface area contributed by atoms with Gasteiger partial charge >= 0.3 is 0 Å². The summed E-state index contributed by atoms with van der Waals surface area (Å²) in [6, 6.07) is 33.1. The zero-order chi connectivity index (χ0) is 16.6. The first-order chi connectivity index (χ1) is 11.8. The van der Waals surface area contributed by atoms with Crippen molar-refractivity contribution < 1.29 is 0 Å². The van der Waals surface area contributed by atoms with Gasteiger partial charge in [0.05, 0.1) is 0 Å². The topological polar surface area (TPSA) is 0 Å². The molecule has 0 aliphatic carbocycles. The van der Waals surface area contributed by atoms with Crippen LogP contribution in [0, 0.1) is 0 Å². The lowest BCUT2D eigenvalue weighted by atomic mass is 10.4. The van der Waals surface area contributed by atoms with E-state index in [1.807, 2.05) is 0 Å². The second-order valence-corrected chi connectivity index (χ2v) is 10.6. The summed E-state index contributed by atoms with van der Waals surface area (Å²) < 4.78 is 0. The summed E-state index contributed by atoms with van der Waals surface area (Å²) in [6.07, 6.45) is 3.90. The Labute approximate surface area is 148 Å². The molecule has 0 saturated heterocycles. The monoisotopic (exact) mass is 350 g/mol. The van der Waals surface area contributed by atoms with Crippen molar-refractivity contribution in [3.05, 3.63) is 91.0 Å². The first-order valence-electron chi connectivity index (χ1n) is 8.48. The second-order valence-electron chi connectivity index (χ2n) is 5.93.